The van der Waals surface area contributed by atoms with Gasteiger partial charge in [0.25, 0.3) is 0 Å². The highest BCUT2D eigenvalue weighted by atomic mass is 16.5. The van der Waals surface area contributed by atoms with Crippen LogP contribution in [-0.4, -0.2) is 7.11 Å². The van der Waals surface area contributed by atoms with E-state index in [0.29, 0.717) is 0 Å². The summed E-state index contributed by atoms with van der Waals surface area (Å²) in [6.45, 7) is 4.12. The van der Waals surface area contributed by atoms with Gasteiger partial charge in [0.2, 0.25) is 0 Å². The number of nitrogens with two attached hydrogens (primary N) is 1. The SMILES string of the molecule is CCc1occc1C(NN)c1ccc(OC)cc1C. The maximum atomic E-state index is 5.74. The summed E-state index contributed by atoms with van der Waals surface area (Å²) >= 11 is 0. The second-order valence-corrected chi connectivity index (χ2v) is 4.47. The Morgan fingerprint density at radius 2 is 2.11 bits per heavy atom. The Labute approximate surface area is 113 Å². The molecule has 4 heteroatoms. The fourth-order valence-corrected chi connectivity index (χ4v) is 2.34. The lowest BCUT2D eigenvalue weighted by Crippen LogP contribution is -2.29. The van der Waals surface area contributed by atoms with Crippen LogP contribution in [0.25, 0.3) is 0 Å². The number of nitrogens with one attached hydrogen (secondary N) is 1. The molecule has 2 aromatic rings. The monoisotopic (exact) mass is 260 g/mol. The van der Waals surface area contributed by atoms with Crippen LogP contribution in [0.15, 0.2) is 34.9 Å². The molecule has 1 aromatic carbocycles. The number of furan rings is 1. The van der Waals surface area contributed by atoms with Gasteiger partial charge in [0, 0.05) is 12.0 Å². The Morgan fingerprint density at radius 1 is 1.32 bits per heavy atom. The van der Waals surface area contributed by atoms with Crippen molar-refractivity contribution in [1.82, 2.24) is 5.43 Å². The van der Waals surface area contributed by atoms with Crippen LogP contribution in [0.2, 0.25) is 0 Å². The first-order chi connectivity index (χ1) is 9.21. The van der Waals surface area contributed by atoms with Gasteiger partial charge in [-0.15, -0.1) is 0 Å². The first-order valence-electron chi connectivity index (χ1n) is 6.38. The van der Waals surface area contributed by atoms with Crippen LogP contribution in [0, 0.1) is 6.92 Å². The van der Waals surface area contributed by atoms with E-state index < -0.39 is 0 Å². The molecule has 1 unspecified atom stereocenters. The molecule has 0 aliphatic heterocycles. The van der Waals surface area contributed by atoms with E-state index in [-0.39, 0.29) is 6.04 Å². The summed E-state index contributed by atoms with van der Waals surface area (Å²) in [7, 11) is 1.67. The van der Waals surface area contributed by atoms with Crippen LogP contribution < -0.4 is 16.0 Å². The smallest absolute Gasteiger partial charge is 0.119 e. The molecule has 1 atom stereocenters. The van der Waals surface area contributed by atoms with E-state index in [4.69, 9.17) is 15.0 Å². The third-order valence-electron chi connectivity index (χ3n) is 3.37. The van der Waals surface area contributed by atoms with Gasteiger partial charge in [0.15, 0.2) is 0 Å². The Bertz CT molecular complexity index is 549. The summed E-state index contributed by atoms with van der Waals surface area (Å²) in [5.41, 5.74) is 6.21. The Hall–Kier alpha value is -1.78. The molecule has 0 amide bonds. The highest BCUT2D eigenvalue weighted by Crippen LogP contribution is 2.29. The molecule has 2 rings (SSSR count). The average molecular weight is 260 g/mol. The van der Waals surface area contributed by atoms with E-state index in [1.807, 2.05) is 31.2 Å². The molecule has 0 saturated heterocycles. The number of methoxy groups -OCH3 is 1. The van der Waals surface area contributed by atoms with Crippen LogP contribution in [0.3, 0.4) is 0 Å². The van der Waals surface area contributed by atoms with Gasteiger partial charge in [-0.3, -0.25) is 5.84 Å². The molecule has 0 spiro atoms. The Morgan fingerprint density at radius 3 is 2.68 bits per heavy atom. The maximum Gasteiger partial charge on any atom is 0.119 e. The van der Waals surface area contributed by atoms with Crippen LogP contribution in [0.5, 0.6) is 5.75 Å². The van der Waals surface area contributed by atoms with Crippen molar-refractivity contribution in [3.05, 3.63) is 53.0 Å². The van der Waals surface area contributed by atoms with E-state index >= 15 is 0 Å². The Balaban J connectivity index is 2.42. The average Bonchev–Trinajstić information content (AvgIpc) is 2.89. The molecule has 0 saturated carbocycles. The van der Waals surface area contributed by atoms with Gasteiger partial charge >= 0.3 is 0 Å². The number of benzene rings is 1. The summed E-state index contributed by atoms with van der Waals surface area (Å²) in [5.74, 6) is 7.54. The second kappa shape index (κ2) is 5.91. The molecule has 3 N–H and O–H groups in total. The van der Waals surface area contributed by atoms with E-state index in [9.17, 15) is 0 Å². The lowest BCUT2D eigenvalue weighted by molar-refractivity contribution is 0.414. The summed E-state index contributed by atoms with van der Waals surface area (Å²) in [4.78, 5) is 0. The molecule has 1 aromatic heterocycles. The summed E-state index contributed by atoms with van der Waals surface area (Å²) in [6.07, 6.45) is 2.55. The predicted molar refractivity (Wildman–Crippen MR) is 75.0 cm³/mol. The van der Waals surface area contributed by atoms with E-state index in [0.717, 1.165) is 34.6 Å². The number of aryl methyl sites for hydroxylation is 2. The highest BCUT2D eigenvalue weighted by molar-refractivity contribution is 5.41. The zero-order valence-corrected chi connectivity index (χ0v) is 11.6. The Kier molecular flexibility index (Phi) is 4.24. The van der Waals surface area contributed by atoms with Crippen molar-refractivity contribution >= 4 is 0 Å². The van der Waals surface area contributed by atoms with Gasteiger partial charge in [0.1, 0.15) is 11.5 Å². The fourth-order valence-electron chi connectivity index (χ4n) is 2.34. The van der Waals surface area contributed by atoms with Crippen molar-refractivity contribution in [3.8, 4) is 5.75 Å². The number of hydrogen-bond acceptors (Lipinski definition) is 4. The minimum absolute atomic E-state index is 0.0698. The maximum absolute atomic E-state index is 5.74. The molecule has 0 aliphatic rings. The van der Waals surface area contributed by atoms with Crippen LogP contribution in [0.4, 0.5) is 0 Å². The van der Waals surface area contributed by atoms with Gasteiger partial charge in [-0.25, -0.2) is 5.43 Å². The van der Waals surface area contributed by atoms with Gasteiger partial charge < -0.3 is 9.15 Å². The van der Waals surface area contributed by atoms with Crippen molar-refractivity contribution in [3.63, 3.8) is 0 Å². The van der Waals surface area contributed by atoms with Gasteiger partial charge in [-0.05, 0) is 36.2 Å². The molecule has 0 bridgehead atoms. The van der Waals surface area contributed by atoms with E-state index in [1.165, 1.54) is 0 Å². The van der Waals surface area contributed by atoms with Gasteiger partial charge in [-0.1, -0.05) is 13.0 Å². The molecule has 4 nitrogen and oxygen atoms in total. The van der Waals surface area contributed by atoms with Crippen molar-refractivity contribution < 1.29 is 9.15 Å². The first-order valence-corrected chi connectivity index (χ1v) is 6.38. The number of hydrazine groups is 1. The number of ether oxygens (including phenoxy) is 1. The molecule has 1 heterocycles. The number of rotatable bonds is 5. The molecular formula is C15H20N2O2. The van der Waals surface area contributed by atoms with Crippen molar-refractivity contribution in [2.75, 3.05) is 7.11 Å². The minimum atomic E-state index is -0.0698. The third-order valence-corrected chi connectivity index (χ3v) is 3.37. The van der Waals surface area contributed by atoms with Crippen molar-refractivity contribution in [2.45, 2.75) is 26.3 Å². The third kappa shape index (κ3) is 2.64. The quantitative estimate of drug-likeness (QED) is 0.641. The first kappa shape index (κ1) is 13.6. The molecule has 19 heavy (non-hydrogen) atoms. The number of hydrogen-bond donors (Lipinski definition) is 2. The highest BCUT2D eigenvalue weighted by Gasteiger charge is 2.19. The predicted octanol–water partition coefficient (Wildman–Crippen LogP) is 2.71. The minimum Gasteiger partial charge on any atom is -0.497 e. The van der Waals surface area contributed by atoms with Crippen LogP contribution >= 0.6 is 0 Å². The fraction of sp³-hybridized carbons (Fsp3) is 0.333. The molecule has 0 aliphatic carbocycles. The van der Waals surface area contributed by atoms with Gasteiger partial charge in [-0.2, -0.15) is 0 Å². The second-order valence-electron chi connectivity index (χ2n) is 4.47. The topological polar surface area (TPSA) is 60.4 Å². The van der Waals surface area contributed by atoms with E-state index in [2.05, 4.69) is 12.3 Å². The largest absolute Gasteiger partial charge is 0.497 e. The lowest BCUT2D eigenvalue weighted by Gasteiger charge is -2.19. The molecule has 0 radical (unpaired) electrons. The van der Waals surface area contributed by atoms with Crippen LogP contribution in [-0.2, 0) is 6.42 Å². The van der Waals surface area contributed by atoms with E-state index in [1.54, 1.807) is 13.4 Å². The zero-order chi connectivity index (χ0) is 13.8. The summed E-state index contributed by atoms with van der Waals surface area (Å²) in [5, 5.41) is 0. The normalized spacial score (nSPS) is 12.4. The summed E-state index contributed by atoms with van der Waals surface area (Å²) in [6, 6.07) is 7.88. The lowest BCUT2D eigenvalue weighted by atomic mass is 9.95. The van der Waals surface area contributed by atoms with Crippen LogP contribution in [0.1, 0.15) is 35.4 Å². The van der Waals surface area contributed by atoms with Crippen molar-refractivity contribution in [2.24, 2.45) is 5.84 Å². The zero-order valence-electron chi connectivity index (χ0n) is 11.6. The molecular weight excluding hydrogens is 240 g/mol. The molecule has 102 valence electrons. The van der Waals surface area contributed by atoms with Gasteiger partial charge in [0.05, 0.1) is 19.4 Å². The standard InChI is InChI=1S/C15H20N2O2/c1-4-14-13(7-8-19-14)15(17-16)12-6-5-11(18-3)9-10(12)2/h5-9,15,17H,4,16H2,1-3H3. The molecule has 0 fully saturated rings. The van der Waals surface area contributed by atoms with Crippen molar-refractivity contribution in [1.29, 1.82) is 0 Å². The summed E-state index contributed by atoms with van der Waals surface area (Å²) < 4.78 is 10.7.